The van der Waals surface area contributed by atoms with Crippen molar-refractivity contribution in [3.05, 3.63) is 65.7 Å². The molecule has 0 N–H and O–H groups in total. The number of nitrogens with zero attached hydrogens (tertiary/aromatic N) is 1. The Morgan fingerprint density at radius 2 is 1.81 bits per heavy atom. The third kappa shape index (κ3) is 1.28. The van der Waals surface area contributed by atoms with E-state index in [1.54, 1.807) is 0 Å². The molecule has 2 saturated heterocycles. The van der Waals surface area contributed by atoms with Gasteiger partial charge in [-0.1, -0.05) is 48.5 Å². The fraction of sp³-hybridized carbons (Fsp3) is 0.368. The molecule has 2 aromatic rings. The monoisotopic (exact) mass is 277 g/mol. The van der Waals surface area contributed by atoms with Gasteiger partial charge in [-0.2, -0.15) is 0 Å². The van der Waals surface area contributed by atoms with Gasteiger partial charge in [-0.25, -0.2) is 0 Å². The van der Waals surface area contributed by atoms with Crippen LogP contribution in [0.1, 0.15) is 24.5 Å². The lowest BCUT2D eigenvalue weighted by molar-refractivity contribution is -0.0674. The first kappa shape index (κ1) is 11.8. The molecule has 21 heavy (non-hydrogen) atoms. The first-order valence-electron chi connectivity index (χ1n) is 7.82. The van der Waals surface area contributed by atoms with Crippen LogP contribution >= 0.6 is 0 Å². The molecule has 3 aliphatic rings. The van der Waals surface area contributed by atoms with Crippen molar-refractivity contribution < 1.29 is 4.74 Å². The molecule has 4 bridgehead atoms. The highest BCUT2D eigenvalue weighted by Gasteiger charge is 2.67. The van der Waals surface area contributed by atoms with Crippen molar-refractivity contribution in [2.24, 2.45) is 5.92 Å². The summed E-state index contributed by atoms with van der Waals surface area (Å²) in [5.41, 5.74) is 4.04. The topological polar surface area (TPSA) is 12.5 Å². The fourth-order valence-electron chi connectivity index (χ4n) is 4.89. The zero-order chi connectivity index (χ0) is 14.1. The number of rotatable bonds is 1. The van der Waals surface area contributed by atoms with Crippen molar-refractivity contribution in [2.45, 2.75) is 31.0 Å². The van der Waals surface area contributed by atoms with Crippen LogP contribution in [0.25, 0.3) is 0 Å². The van der Waals surface area contributed by atoms with E-state index in [1.165, 1.54) is 23.2 Å². The van der Waals surface area contributed by atoms with E-state index in [0.717, 1.165) is 13.0 Å². The molecule has 0 saturated carbocycles. The van der Waals surface area contributed by atoms with Crippen LogP contribution in [-0.4, -0.2) is 12.1 Å². The van der Waals surface area contributed by atoms with Gasteiger partial charge in [-0.3, -0.25) is 0 Å². The van der Waals surface area contributed by atoms with Crippen LogP contribution in [0.2, 0.25) is 0 Å². The second kappa shape index (κ2) is 3.69. The van der Waals surface area contributed by atoms with E-state index in [-0.39, 0.29) is 11.3 Å². The Kier molecular flexibility index (Phi) is 2.08. The van der Waals surface area contributed by atoms with Gasteiger partial charge in [-0.15, -0.1) is 0 Å². The molecule has 0 spiro atoms. The quantitative estimate of drug-likeness (QED) is 0.788. The number of hydrogen-bond acceptors (Lipinski definition) is 2. The SMILES string of the molecule is CC12COC3(c4ccccc4)C(Cc4ccccc4N13)C2. The van der Waals surface area contributed by atoms with Crippen molar-refractivity contribution in [3.63, 3.8) is 0 Å². The number of benzene rings is 2. The van der Waals surface area contributed by atoms with Crippen molar-refractivity contribution in [3.8, 4) is 0 Å². The highest BCUT2D eigenvalue weighted by molar-refractivity contribution is 5.65. The molecule has 3 heterocycles. The number of ether oxygens (including phenoxy) is 1. The van der Waals surface area contributed by atoms with Crippen molar-refractivity contribution in [2.75, 3.05) is 11.5 Å². The fourth-order valence-corrected chi connectivity index (χ4v) is 4.89. The van der Waals surface area contributed by atoms with Crippen LogP contribution in [0.15, 0.2) is 54.6 Å². The number of para-hydroxylation sites is 1. The van der Waals surface area contributed by atoms with Gasteiger partial charge in [0, 0.05) is 17.2 Å². The molecule has 3 unspecified atom stereocenters. The minimum Gasteiger partial charge on any atom is -0.349 e. The van der Waals surface area contributed by atoms with Crippen LogP contribution in [0.5, 0.6) is 0 Å². The second-order valence-electron chi connectivity index (χ2n) is 6.92. The maximum absolute atomic E-state index is 6.48. The lowest BCUT2D eigenvalue weighted by Gasteiger charge is -2.45. The van der Waals surface area contributed by atoms with E-state index in [2.05, 4.69) is 66.4 Å². The Bertz CT molecular complexity index is 713. The van der Waals surface area contributed by atoms with Gasteiger partial charge in [0.05, 0.1) is 12.1 Å². The Morgan fingerprint density at radius 1 is 1.05 bits per heavy atom. The highest BCUT2D eigenvalue weighted by Crippen LogP contribution is 2.63. The summed E-state index contributed by atoms with van der Waals surface area (Å²) in [7, 11) is 0. The van der Waals surface area contributed by atoms with Crippen LogP contribution in [0.3, 0.4) is 0 Å². The summed E-state index contributed by atoms with van der Waals surface area (Å²) in [6, 6.07) is 19.7. The van der Waals surface area contributed by atoms with Crippen molar-refractivity contribution in [1.82, 2.24) is 0 Å². The third-order valence-corrected chi connectivity index (χ3v) is 5.60. The molecule has 0 amide bonds. The highest BCUT2D eigenvalue weighted by atomic mass is 16.5. The normalized spacial score (nSPS) is 35.9. The van der Waals surface area contributed by atoms with Crippen molar-refractivity contribution in [1.29, 1.82) is 0 Å². The van der Waals surface area contributed by atoms with E-state index in [4.69, 9.17) is 4.74 Å². The summed E-state index contributed by atoms with van der Waals surface area (Å²) >= 11 is 0. The summed E-state index contributed by atoms with van der Waals surface area (Å²) in [5, 5.41) is 0. The smallest absolute Gasteiger partial charge is 0.171 e. The molecule has 5 rings (SSSR count). The van der Waals surface area contributed by atoms with Gasteiger partial charge < -0.3 is 9.64 Å². The van der Waals surface area contributed by atoms with Crippen LogP contribution in [0, 0.1) is 5.92 Å². The van der Waals surface area contributed by atoms with Gasteiger partial charge in [-0.05, 0) is 31.4 Å². The van der Waals surface area contributed by atoms with Crippen LogP contribution in [0.4, 0.5) is 5.69 Å². The first-order valence-corrected chi connectivity index (χ1v) is 7.82. The molecule has 0 radical (unpaired) electrons. The number of fused-ring (bicyclic) bond motifs is 1. The summed E-state index contributed by atoms with van der Waals surface area (Å²) in [5.74, 6) is 0.550. The van der Waals surface area contributed by atoms with E-state index in [1.807, 2.05) is 0 Å². The van der Waals surface area contributed by atoms with E-state index >= 15 is 0 Å². The summed E-state index contributed by atoms with van der Waals surface area (Å²) < 4.78 is 6.48. The Labute approximate surface area is 125 Å². The number of hydrogen-bond donors (Lipinski definition) is 0. The third-order valence-electron chi connectivity index (χ3n) is 5.60. The average Bonchev–Trinajstić information content (AvgIpc) is 2.91. The van der Waals surface area contributed by atoms with Gasteiger partial charge in [0.25, 0.3) is 0 Å². The molecule has 3 aliphatic heterocycles. The lowest BCUT2D eigenvalue weighted by Crippen LogP contribution is -2.49. The van der Waals surface area contributed by atoms with Gasteiger partial charge in [0.1, 0.15) is 0 Å². The Balaban J connectivity index is 1.79. The molecule has 0 aromatic heterocycles. The maximum Gasteiger partial charge on any atom is 0.171 e. The molecule has 2 nitrogen and oxygen atoms in total. The van der Waals surface area contributed by atoms with E-state index in [0.29, 0.717) is 5.92 Å². The van der Waals surface area contributed by atoms with Crippen LogP contribution in [-0.2, 0) is 16.9 Å². The predicted octanol–water partition coefficient (Wildman–Crippen LogP) is 3.71. The molecule has 2 heteroatoms. The molecule has 3 atom stereocenters. The maximum atomic E-state index is 6.48. The zero-order valence-corrected chi connectivity index (χ0v) is 12.3. The molecule has 106 valence electrons. The zero-order valence-electron chi connectivity index (χ0n) is 12.3. The summed E-state index contributed by atoms with van der Waals surface area (Å²) in [6.45, 7) is 3.19. The molecule has 2 aromatic carbocycles. The standard InChI is InChI=1S/C19H19NO/c1-18-12-16-11-14-7-5-6-10-17(14)20(18)19(16,21-13-18)15-8-3-2-4-9-15/h2-10,16H,11-13H2,1H3. The predicted molar refractivity (Wildman–Crippen MR) is 83.2 cm³/mol. The first-order chi connectivity index (χ1) is 10.2. The molecule has 2 fully saturated rings. The molecule has 0 aliphatic carbocycles. The van der Waals surface area contributed by atoms with Crippen LogP contribution < -0.4 is 4.90 Å². The van der Waals surface area contributed by atoms with E-state index in [9.17, 15) is 0 Å². The minimum absolute atomic E-state index is 0.132. The van der Waals surface area contributed by atoms with Gasteiger partial charge >= 0.3 is 0 Å². The minimum atomic E-state index is -0.246. The molecular formula is C19H19NO. The van der Waals surface area contributed by atoms with E-state index < -0.39 is 0 Å². The molecular weight excluding hydrogens is 258 g/mol. The Morgan fingerprint density at radius 3 is 2.67 bits per heavy atom. The Hall–Kier alpha value is -1.80. The van der Waals surface area contributed by atoms with Crippen molar-refractivity contribution >= 4 is 5.69 Å². The largest absolute Gasteiger partial charge is 0.349 e. The second-order valence-corrected chi connectivity index (χ2v) is 6.92. The summed E-state index contributed by atoms with van der Waals surface area (Å²) in [6.07, 6.45) is 2.34. The summed E-state index contributed by atoms with van der Waals surface area (Å²) in [4.78, 5) is 2.58. The average molecular weight is 277 g/mol. The van der Waals surface area contributed by atoms with Gasteiger partial charge in [0.15, 0.2) is 5.72 Å². The number of anilines is 1. The van der Waals surface area contributed by atoms with Gasteiger partial charge in [0.2, 0.25) is 0 Å². The lowest BCUT2D eigenvalue weighted by atomic mass is 9.79.